The molecule has 27 heavy (non-hydrogen) atoms. The third-order valence-corrected chi connectivity index (χ3v) is 5.87. The van der Waals surface area contributed by atoms with Gasteiger partial charge in [0.25, 0.3) is 10.1 Å². The van der Waals surface area contributed by atoms with Crippen LogP contribution in [0, 0.1) is 6.92 Å². The molecule has 0 saturated carbocycles. The van der Waals surface area contributed by atoms with E-state index >= 15 is 0 Å². The fourth-order valence-corrected chi connectivity index (χ4v) is 3.89. The lowest BCUT2D eigenvalue weighted by molar-refractivity contribution is -0.129. The molecule has 0 heterocycles. The highest BCUT2D eigenvalue weighted by molar-refractivity contribution is 7.85. The molecular formula is C21H35NO4S. The van der Waals surface area contributed by atoms with Gasteiger partial charge in [0.1, 0.15) is 0 Å². The first-order valence-corrected chi connectivity index (χ1v) is 11.6. The quantitative estimate of drug-likeness (QED) is 0.391. The lowest BCUT2D eigenvalue weighted by Crippen LogP contribution is -2.31. The second-order valence-corrected chi connectivity index (χ2v) is 8.94. The Balaban J connectivity index is 2.16. The Labute approximate surface area is 164 Å². The van der Waals surface area contributed by atoms with Gasteiger partial charge in [-0.15, -0.1) is 0 Å². The van der Waals surface area contributed by atoms with Crippen molar-refractivity contribution in [3.63, 3.8) is 0 Å². The van der Waals surface area contributed by atoms with Crippen LogP contribution in [0.5, 0.6) is 0 Å². The molecule has 0 aliphatic rings. The molecule has 0 bridgehead atoms. The summed E-state index contributed by atoms with van der Waals surface area (Å²) in [6.07, 6.45) is 8.14. The van der Waals surface area contributed by atoms with E-state index in [0.717, 1.165) is 25.7 Å². The van der Waals surface area contributed by atoms with Crippen LogP contribution >= 0.6 is 0 Å². The summed E-state index contributed by atoms with van der Waals surface area (Å²) in [4.78, 5) is 13.3. The van der Waals surface area contributed by atoms with Crippen molar-refractivity contribution in [2.24, 2.45) is 0 Å². The molecule has 1 aromatic rings. The van der Waals surface area contributed by atoms with Gasteiger partial charge in [0, 0.05) is 20.0 Å². The van der Waals surface area contributed by atoms with Crippen molar-refractivity contribution in [2.75, 3.05) is 19.3 Å². The number of aryl methyl sites for hydroxylation is 1. The Morgan fingerprint density at radius 1 is 1.11 bits per heavy atom. The summed E-state index contributed by atoms with van der Waals surface area (Å²) in [5.74, 6) is 0.155. The van der Waals surface area contributed by atoms with E-state index in [0.29, 0.717) is 12.3 Å². The SMILES string of the molecule is CCC(CCCCCCCC(=O)N(C)CCS(=O)(=O)O)c1ccccc1C. The number of amides is 1. The second kappa shape index (κ2) is 12.1. The molecule has 1 unspecified atom stereocenters. The Kier molecular flexibility index (Phi) is 10.6. The molecule has 0 spiro atoms. The van der Waals surface area contributed by atoms with E-state index in [1.807, 2.05) is 0 Å². The van der Waals surface area contributed by atoms with Crippen LogP contribution in [0.2, 0.25) is 0 Å². The smallest absolute Gasteiger partial charge is 0.266 e. The van der Waals surface area contributed by atoms with Gasteiger partial charge < -0.3 is 4.90 Å². The van der Waals surface area contributed by atoms with Gasteiger partial charge in [0.15, 0.2) is 0 Å². The van der Waals surface area contributed by atoms with Crippen LogP contribution in [0.1, 0.15) is 75.3 Å². The normalized spacial score (nSPS) is 12.7. The third kappa shape index (κ3) is 9.91. The Morgan fingerprint density at radius 3 is 2.37 bits per heavy atom. The number of unbranched alkanes of at least 4 members (excludes halogenated alkanes) is 4. The minimum atomic E-state index is -4.01. The third-order valence-electron chi connectivity index (χ3n) is 5.17. The lowest BCUT2D eigenvalue weighted by atomic mass is 9.88. The molecule has 154 valence electrons. The van der Waals surface area contributed by atoms with Gasteiger partial charge in [-0.05, 0) is 43.2 Å². The van der Waals surface area contributed by atoms with Crippen molar-refractivity contribution in [2.45, 2.75) is 71.1 Å². The van der Waals surface area contributed by atoms with Crippen LogP contribution in [0.25, 0.3) is 0 Å². The Bertz CT molecular complexity index is 673. The van der Waals surface area contributed by atoms with Gasteiger partial charge >= 0.3 is 0 Å². The lowest BCUT2D eigenvalue weighted by Gasteiger charge is -2.18. The zero-order valence-corrected chi connectivity index (χ0v) is 17.8. The fourth-order valence-electron chi connectivity index (χ4n) is 3.39. The van der Waals surface area contributed by atoms with E-state index < -0.39 is 15.9 Å². The number of rotatable bonds is 13. The van der Waals surface area contributed by atoms with E-state index in [2.05, 4.69) is 38.1 Å². The molecule has 6 heteroatoms. The maximum Gasteiger partial charge on any atom is 0.266 e. The van der Waals surface area contributed by atoms with Gasteiger partial charge in [-0.25, -0.2) is 0 Å². The van der Waals surface area contributed by atoms with Crippen LogP contribution in [0.15, 0.2) is 24.3 Å². The number of hydrogen-bond acceptors (Lipinski definition) is 3. The van der Waals surface area contributed by atoms with Gasteiger partial charge in [0.05, 0.1) is 5.75 Å². The average molecular weight is 398 g/mol. The number of benzene rings is 1. The molecule has 1 amide bonds. The molecule has 1 N–H and O–H groups in total. The predicted octanol–water partition coefficient (Wildman–Crippen LogP) is 4.57. The highest BCUT2D eigenvalue weighted by Gasteiger charge is 2.13. The standard InChI is InChI=1S/C21H35NO4S/c1-4-19(20-14-11-10-12-18(20)2)13-8-6-5-7-9-15-21(23)22(3)16-17-27(24,25)26/h10-12,14,19H,4-9,13,15-17H2,1-3H3,(H,24,25,26). The molecule has 0 aliphatic carbocycles. The van der Waals surface area contributed by atoms with Crippen molar-refractivity contribution < 1.29 is 17.8 Å². The van der Waals surface area contributed by atoms with Crippen LogP contribution in [-0.2, 0) is 14.9 Å². The summed E-state index contributed by atoms with van der Waals surface area (Å²) >= 11 is 0. The summed E-state index contributed by atoms with van der Waals surface area (Å²) in [6.45, 7) is 4.47. The van der Waals surface area contributed by atoms with Gasteiger partial charge in [-0.2, -0.15) is 8.42 Å². The minimum absolute atomic E-state index is 0.0367. The Hall–Kier alpha value is -1.40. The molecule has 0 fully saturated rings. The summed E-state index contributed by atoms with van der Waals surface area (Å²) < 4.78 is 30.2. The minimum Gasteiger partial charge on any atom is -0.345 e. The van der Waals surface area contributed by atoms with Crippen molar-refractivity contribution in [1.82, 2.24) is 4.90 Å². The maximum absolute atomic E-state index is 11.9. The molecule has 5 nitrogen and oxygen atoms in total. The molecular weight excluding hydrogens is 362 g/mol. The first-order valence-electron chi connectivity index (χ1n) is 9.99. The summed E-state index contributed by atoms with van der Waals surface area (Å²) in [7, 11) is -2.44. The fraction of sp³-hybridized carbons (Fsp3) is 0.667. The van der Waals surface area contributed by atoms with Crippen molar-refractivity contribution in [3.8, 4) is 0 Å². The Morgan fingerprint density at radius 2 is 1.74 bits per heavy atom. The van der Waals surface area contributed by atoms with E-state index in [-0.39, 0.29) is 12.5 Å². The first kappa shape index (κ1) is 23.6. The van der Waals surface area contributed by atoms with Gasteiger partial charge in [-0.1, -0.05) is 56.9 Å². The summed E-state index contributed by atoms with van der Waals surface area (Å²) in [5, 5.41) is 0. The molecule has 1 atom stereocenters. The van der Waals surface area contributed by atoms with Gasteiger partial charge in [-0.3, -0.25) is 9.35 Å². The molecule has 0 radical (unpaired) electrons. The van der Waals surface area contributed by atoms with Crippen LogP contribution in [0.3, 0.4) is 0 Å². The number of nitrogens with zero attached hydrogens (tertiary/aromatic N) is 1. The maximum atomic E-state index is 11.9. The highest BCUT2D eigenvalue weighted by Crippen LogP contribution is 2.28. The molecule has 0 aromatic heterocycles. The van der Waals surface area contributed by atoms with E-state index in [1.165, 1.54) is 35.3 Å². The topological polar surface area (TPSA) is 74.7 Å². The zero-order valence-electron chi connectivity index (χ0n) is 17.0. The summed E-state index contributed by atoms with van der Waals surface area (Å²) in [5.41, 5.74) is 2.85. The van der Waals surface area contributed by atoms with Crippen LogP contribution in [0.4, 0.5) is 0 Å². The molecule has 0 saturated heterocycles. The molecule has 1 aromatic carbocycles. The van der Waals surface area contributed by atoms with Crippen LogP contribution in [-0.4, -0.2) is 43.1 Å². The summed E-state index contributed by atoms with van der Waals surface area (Å²) in [6, 6.07) is 8.64. The zero-order chi connectivity index (χ0) is 20.3. The van der Waals surface area contributed by atoms with Crippen molar-refractivity contribution in [3.05, 3.63) is 35.4 Å². The first-order chi connectivity index (χ1) is 12.7. The number of hydrogen-bond donors (Lipinski definition) is 1. The second-order valence-electron chi connectivity index (χ2n) is 7.37. The predicted molar refractivity (Wildman–Crippen MR) is 111 cm³/mol. The monoisotopic (exact) mass is 397 g/mol. The molecule has 1 rings (SSSR count). The van der Waals surface area contributed by atoms with E-state index in [1.54, 1.807) is 7.05 Å². The van der Waals surface area contributed by atoms with Crippen molar-refractivity contribution >= 4 is 16.0 Å². The highest BCUT2D eigenvalue weighted by atomic mass is 32.2. The average Bonchev–Trinajstić information content (AvgIpc) is 2.62. The number of carbonyl (C=O) groups is 1. The van der Waals surface area contributed by atoms with E-state index in [4.69, 9.17) is 4.55 Å². The largest absolute Gasteiger partial charge is 0.345 e. The molecule has 0 aliphatic heterocycles. The number of carbonyl (C=O) groups excluding carboxylic acids is 1. The van der Waals surface area contributed by atoms with Crippen molar-refractivity contribution in [1.29, 1.82) is 0 Å². The van der Waals surface area contributed by atoms with Crippen LogP contribution < -0.4 is 0 Å². The van der Waals surface area contributed by atoms with E-state index in [9.17, 15) is 13.2 Å². The van der Waals surface area contributed by atoms with Gasteiger partial charge in [0.2, 0.25) is 5.91 Å².